The van der Waals surface area contributed by atoms with Gasteiger partial charge in [-0.15, -0.1) is 0 Å². The van der Waals surface area contributed by atoms with Gasteiger partial charge in [-0.1, -0.05) is 0 Å². The van der Waals surface area contributed by atoms with Gasteiger partial charge in [-0.05, 0) is 19.8 Å². The number of esters is 1. The summed E-state index contributed by atoms with van der Waals surface area (Å²) in [6.45, 7) is 3.41. The number of carbonyl (C=O) groups is 1. The Morgan fingerprint density at radius 3 is 2.91 bits per heavy atom. The van der Waals surface area contributed by atoms with Crippen molar-refractivity contribution < 1.29 is 14.3 Å². The van der Waals surface area contributed by atoms with Gasteiger partial charge in [-0.25, -0.2) is 14.8 Å². The van der Waals surface area contributed by atoms with Crippen molar-refractivity contribution >= 4 is 11.9 Å². The Kier molecular flexibility index (Phi) is 4.52. The minimum Gasteiger partial charge on any atom is -0.464 e. The zero-order valence-electron chi connectivity index (χ0n) is 13.2. The number of carbonyl (C=O) groups excluding carboxylic acids is 1. The standard InChI is InChI=1S/C15H19N5O3/c1-10-7-16-15(18-11-3-5-23-6-4-11)19-13(10)20-8-12(17-9-20)14(21)22-2/h7-9,11H,3-6H2,1-2H3,(H,16,18,19). The van der Waals surface area contributed by atoms with Crippen molar-refractivity contribution in [1.82, 2.24) is 19.5 Å². The second-order valence-electron chi connectivity index (χ2n) is 5.39. The Morgan fingerprint density at radius 2 is 2.17 bits per heavy atom. The number of aromatic nitrogens is 4. The Bertz CT molecular complexity index is 694. The summed E-state index contributed by atoms with van der Waals surface area (Å²) in [7, 11) is 1.33. The number of nitrogens with zero attached hydrogens (tertiary/aromatic N) is 4. The average Bonchev–Trinajstić information content (AvgIpc) is 3.06. The van der Waals surface area contributed by atoms with E-state index in [2.05, 4.69) is 25.0 Å². The summed E-state index contributed by atoms with van der Waals surface area (Å²) in [5.41, 5.74) is 1.13. The van der Waals surface area contributed by atoms with E-state index < -0.39 is 5.97 Å². The molecular formula is C15H19N5O3. The quantitative estimate of drug-likeness (QED) is 0.851. The second kappa shape index (κ2) is 6.74. The lowest BCUT2D eigenvalue weighted by Gasteiger charge is -2.23. The highest BCUT2D eigenvalue weighted by Crippen LogP contribution is 2.16. The molecule has 0 unspecified atom stereocenters. The summed E-state index contributed by atoms with van der Waals surface area (Å²) in [5.74, 6) is 0.763. The van der Waals surface area contributed by atoms with Crippen LogP contribution in [0.5, 0.6) is 0 Å². The number of methoxy groups -OCH3 is 1. The van der Waals surface area contributed by atoms with Crippen LogP contribution in [0.4, 0.5) is 5.95 Å². The van der Waals surface area contributed by atoms with Crippen molar-refractivity contribution in [1.29, 1.82) is 0 Å². The molecule has 1 saturated heterocycles. The van der Waals surface area contributed by atoms with Crippen LogP contribution < -0.4 is 5.32 Å². The molecule has 1 fully saturated rings. The highest BCUT2D eigenvalue weighted by atomic mass is 16.5. The van der Waals surface area contributed by atoms with Crippen LogP contribution in [0.3, 0.4) is 0 Å². The van der Waals surface area contributed by atoms with Gasteiger partial charge in [0.15, 0.2) is 5.69 Å². The van der Waals surface area contributed by atoms with E-state index in [0.29, 0.717) is 17.8 Å². The number of imidazole rings is 1. The Balaban J connectivity index is 1.82. The molecule has 0 saturated carbocycles. The fraction of sp³-hybridized carbons (Fsp3) is 0.467. The summed E-state index contributed by atoms with van der Waals surface area (Å²) < 4.78 is 11.7. The van der Waals surface area contributed by atoms with Gasteiger partial charge < -0.3 is 14.8 Å². The maximum absolute atomic E-state index is 11.5. The molecule has 1 aliphatic heterocycles. The van der Waals surface area contributed by atoms with E-state index in [9.17, 15) is 4.79 Å². The first kappa shape index (κ1) is 15.4. The molecule has 0 radical (unpaired) electrons. The first-order valence-electron chi connectivity index (χ1n) is 7.48. The molecule has 2 aromatic heterocycles. The highest BCUT2D eigenvalue weighted by molar-refractivity contribution is 5.86. The van der Waals surface area contributed by atoms with Gasteiger partial charge in [0.05, 0.1) is 7.11 Å². The number of anilines is 1. The van der Waals surface area contributed by atoms with Gasteiger partial charge >= 0.3 is 5.97 Å². The molecule has 122 valence electrons. The molecule has 1 N–H and O–H groups in total. The fourth-order valence-corrected chi connectivity index (χ4v) is 2.44. The lowest BCUT2D eigenvalue weighted by atomic mass is 10.1. The van der Waals surface area contributed by atoms with E-state index >= 15 is 0 Å². The lowest BCUT2D eigenvalue weighted by Crippen LogP contribution is -2.28. The molecule has 0 amide bonds. The topological polar surface area (TPSA) is 91.2 Å². The Hall–Kier alpha value is -2.48. The van der Waals surface area contributed by atoms with Crippen molar-refractivity contribution in [3.8, 4) is 5.82 Å². The van der Waals surface area contributed by atoms with Gasteiger partial charge in [-0.3, -0.25) is 4.57 Å². The monoisotopic (exact) mass is 317 g/mol. The van der Waals surface area contributed by atoms with Crippen LogP contribution in [0.1, 0.15) is 28.9 Å². The molecular weight excluding hydrogens is 298 g/mol. The number of rotatable bonds is 4. The number of hydrogen-bond acceptors (Lipinski definition) is 7. The van der Waals surface area contributed by atoms with E-state index in [0.717, 1.165) is 31.6 Å². The third-order valence-electron chi connectivity index (χ3n) is 3.72. The number of hydrogen-bond donors (Lipinski definition) is 1. The summed E-state index contributed by atoms with van der Waals surface area (Å²) in [4.78, 5) is 24.4. The normalized spacial score (nSPS) is 15.4. The summed E-state index contributed by atoms with van der Waals surface area (Å²) in [6.07, 6.45) is 6.76. The maximum Gasteiger partial charge on any atom is 0.358 e. The molecule has 3 heterocycles. The zero-order valence-corrected chi connectivity index (χ0v) is 13.2. The minimum atomic E-state index is -0.476. The van der Waals surface area contributed by atoms with Crippen molar-refractivity contribution in [3.05, 3.63) is 30.0 Å². The SMILES string of the molecule is COC(=O)c1cn(-c2nc(NC3CCOCC3)ncc2C)cn1. The smallest absolute Gasteiger partial charge is 0.358 e. The number of ether oxygens (including phenoxy) is 2. The highest BCUT2D eigenvalue weighted by Gasteiger charge is 2.16. The molecule has 0 bridgehead atoms. The van der Waals surface area contributed by atoms with Crippen LogP contribution in [0.25, 0.3) is 5.82 Å². The molecule has 0 aliphatic carbocycles. The summed E-state index contributed by atoms with van der Waals surface area (Å²) >= 11 is 0. The molecule has 1 aliphatic rings. The van der Waals surface area contributed by atoms with Gasteiger partial charge in [0.25, 0.3) is 0 Å². The molecule has 0 aromatic carbocycles. The average molecular weight is 317 g/mol. The van der Waals surface area contributed by atoms with Crippen molar-refractivity contribution in [2.75, 3.05) is 25.6 Å². The van der Waals surface area contributed by atoms with E-state index in [1.54, 1.807) is 23.3 Å². The summed E-state index contributed by atoms with van der Waals surface area (Å²) in [5, 5.41) is 3.33. The van der Waals surface area contributed by atoms with Gasteiger partial charge in [0, 0.05) is 37.2 Å². The second-order valence-corrected chi connectivity index (χ2v) is 5.39. The predicted octanol–water partition coefficient (Wildman–Crippen LogP) is 1.35. The van der Waals surface area contributed by atoms with Gasteiger partial charge in [0.1, 0.15) is 12.1 Å². The lowest BCUT2D eigenvalue weighted by molar-refractivity contribution is 0.0594. The van der Waals surface area contributed by atoms with Crippen LogP contribution in [0, 0.1) is 6.92 Å². The fourth-order valence-electron chi connectivity index (χ4n) is 2.44. The van der Waals surface area contributed by atoms with Gasteiger partial charge in [-0.2, -0.15) is 4.98 Å². The van der Waals surface area contributed by atoms with E-state index in [4.69, 9.17) is 4.74 Å². The maximum atomic E-state index is 11.5. The first-order chi connectivity index (χ1) is 11.2. The van der Waals surface area contributed by atoms with Crippen molar-refractivity contribution in [2.24, 2.45) is 0 Å². The molecule has 8 nitrogen and oxygen atoms in total. The Labute approximate surface area is 133 Å². The van der Waals surface area contributed by atoms with E-state index in [1.807, 2.05) is 6.92 Å². The largest absolute Gasteiger partial charge is 0.464 e. The van der Waals surface area contributed by atoms with Crippen molar-refractivity contribution in [2.45, 2.75) is 25.8 Å². The number of nitrogens with one attached hydrogen (secondary N) is 1. The predicted molar refractivity (Wildman–Crippen MR) is 82.7 cm³/mol. The van der Waals surface area contributed by atoms with Crippen LogP contribution in [-0.4, -0.2) is 51.9 Å². The molecule has 3 rings (SSSR count). The molecule has 0 spiro atoms. The summed E-state index contributed by atoms with van der Waals surface area (Å²) in [6, 6.07) is 0.313. The van der Waals surface area contributed by atoms with Crippen LogP contribution in [-0.2, 0) is 9.47 Å². The molecule has 2 aromatic rings. The minimum absolute atomic E-state index is 0.240. The molecule has 23 heavy (non-hydrogen) atoms. The third kappa shape index (κ3) is 3.48. The van der Waals surface area contributed by atoms with E-state index in [-0.39, 0.29) is 5.69 Å². The van der Waals surface area contributed by atoms with Crippen LogP contribution in [0.2, 0.25) is 0 Å². The van der Waals surface area contributed by atoms with Crippen molar-refractivity contribution in [3.63, 3.8) is 0 Å². The third-order valence-corrected chi connectivity index (χ3v) is 3.72. The van der Waals surface area contributed by atoms with Crippen LogP contribution in [0.15, 0.2) is 18.7 Å². The van der Waals surface area contributed by atoms with E-state index in [1.165, 1.54) is 7.11 Å². The molecule has 0 atom stereocenters. The first-order valence-corrected chi connectivity index (χ1v) is 7.48. The van der Waals surface area contributed by atoms with Crippen LogP contribution >= 0.6 is 0 Å². The molecule has 8 heteroatoms. The number of aryl methyl sites for hydroxylation is 1. The Morgan fingerprint density at radius 1 is 1.39 bits per heavy atom. The zero-order chi connectivity index (χ0) is 16.2. The van der Waals surface area contributed by atoms with Gasteiger partial charge in [0.2, 0.25) is 5.95 Å².